The molecule has 0 aromatic rings. The van der Waals surface area contributed by atoms with E-state index in [1.54, 1.807) is 4.90 Å². The zero-order valence-electron chi connectivity index (χ0n) is 12.4. The highest BCUT2D eigenvalue weighted by Gasteiger charge is 2.42. The molecule has 0 aromatic heterocycles. The van der Waals surface area contributed by atoms with Crippen LogP contribution >= 0.6 is 0 Å². The highest BCUT2D eigenvalue weighted by atomic mass is 16.2. The summed E-state index contributed by atoms with van der Waals surface area (Å²) in [5.74, 6) is 0.578. The second-order valence-corrected chi connectivity index (χ2v) is 6.21. The van der Waals surface area contributed by atoms with Crippen molar-refractivity contribution >= 4 is 11.8 Å². The molecule has 18 heavy (non-hydrogen) atoms. The molecule has 2 unspecified atom stereocenters. The highest BCUT2D eigenvalue weighted by molar-refractivity contribution is 5.97. The summed E-state index contributed by atoms with van der Waals surface area (Å²) in [7, 11) is 0. The van der Waals surface area contributed by atoms with Crippen molar-refractivity contribution in [3.63, 3.8) is 0 Å². The van der Waals surface area contributed by atoms with Gasteiger partial charge in [-0.05, 0) is 32.1 Å². The molecule has 1 saturated heterocycles. The second kappa shape index (κ2) is 5.72. The first-order valence-electron chi connectivity index (χ1n) is 6.88. The predicted octanol–water partition coefficient (Wildman–Crippen LogP) is 1.79. The summed E-state index contributed by atoms with van der Waals surface area (Å²) in [6.07, 6.45) is 0.723. The first-order chi connectivity index (χ1) is 8.25. The molecule has 0 spiro atoms. The Labute approximate surface area is 110 Å². The number of carbonyl (C=O) groups excluding carboxylic acids is 2. The molecule has 1 heterocycles. The maximum atomic E-state index is 12.5. The fourth-order valence-electron chi connectivity index (χ4n) is 2.49. The van der Waals surface area contributed by atoms with E-state index in [4.69, 9.17) is 0 Å². The van der Waals surface area contributed by atoms with Gasteiger partial charge in [0.2, 0.25) is 11.8 Å². The van der Waals surface area contributed by atoms with Crippen molar-refractivity contribution in [1.29, 1.82) is 0 Å². The zero-order valence-corrected chi connectivity index (χ0v) is 12.4. The van der Waals surface area contributed by atoms with Gasteiger partial charge in [0.05, 0.1) is 0 Å². The van der Waals surface area contributed by atoms with Gasteiger partial charge in [-0.1, -0.05) is 27.7 Å². The molecule has 0 radical (unpaired) electrons. The standard InChI is InChI=1S/C14H26N2O2/c1-8(2)7-11-13(17)15-12(9(3)4)14(18)16(11)10(5)6/h8-12H,7H2,1-6H3,(H,15,17). The van der Waals surface area contributed by atoms with Gasteiger partial charge in [-0.15, -0.1) is 0 Å². The molecule has 0 aliphatic carbocycles. The number of piperazine rings is 1. The molecule has 1 fully saturated rings. The van der Waals surface area contributed by atoms with E-state index in [1.165, 1.54) is 0 Å². The molecule has 1 N–H and O–H groups in total. The summed E-state index contributed by atoms with van der Waals surface area (Å²) in [5.41, 5.74) is 0. The van der Waals surface area contributed by atoms with Gasteiger partial charge in [0.1, 0.15) is 12.1 Å². The third kappa shape index (κ3) is 3.03. The minimum atomic E-state index is -0.372. The maximum absolute atomic E-state index is 12.5. The lowest BCUT2D eigenvalue weighted by Crippen LogP contribution is -2.66. The minimum Gasteiger partial charge on any atom is -0.342 e. The predicted molar refractivity (Wildman–Crippen MR) is 72.0 cm³/mol. The summed E-state index contributed by atoms with van der Waals surface area (Å²) >= 11 is 0. The molecule has 2 atom stereocenters. The van der Waals surface area contributed by atoms with E-state index in [-0.39, 0.29) is 35.9 Å². The van der Waals surface area contributed by atoms with Crippen molar-refractivity contribution in [3.05, 3.63) is 0 Å². The largest absolute Gasteiger partial charge is 0.342 e. The van der Waals surface area contributed by atoms with Crippen LogP contribution in [-0.2, 0) is 9.59 Å². The highest BCUT2D eigenvalue weighted by Crippen LogP contribution is 2.22. The molecular weight excluding hydrogens is 228 g/mol. The van der Waals surface area contributed by atoms with Crippen molar-refractivity contribution in [2.45, 2.75) is 66.1 Å². The quantitative estimate of drug-likeness (QED) is 0.831. The molecule has 4 nitrogen and oxygen atoms in total. The van der Waals surface area contributed by atoms with Gasteiger partial charge >= 0.3 is 0 Å². The number of hydrogen-bond donors (Lipinski definition) is 1. The van der Waals surface area contributed by atoms with Crippen LogP contribution in [0.25, 0.3) is 0 Å². The van der Waals surface area contributed by atoms with E-state index in [0.29, 0.717) is 5.92 Å². The van der Waals surface area contributed by atoms with Gasteiger partial charge in [-0.2, -0.15) is 0 Å². The number of carbonyl (C=O) groups is 2. The van der Waals surface area contributed by atoms with Gasteiger partial charge in [-0.3, -0.25) is 9.59 Å². The Kier molecular flexibility index (Phi) is 4.77. The third-order valence-corrected chi connectivity index (χ3v) is 3.37. The van der Waals surface area contributed by atoms with Crippen molar-refractivity contribution in [2.75, 3.05) is 0 Å². The Morgan fingerprint density at radius 2 is 1.67 bits per heavy atom. The molecule has 0 saturated carbocycles. The zero-order chi connectivity index (χ0) is 14.0. The van der Waals surface area contributed by atoms with Gasteiger partial charge in [0.15, 0.2) is 0 Å². The Hall–Kier alpha value is -1.06. The van der Waals surface area contributed by atoms with E-state index < -0.39 is 0 Å². The van der Waals surface area contributed by atoms with Crippen LogP contribution in [0.2, 0.25) is 0 Å². The first kappa shape index (κ1) is 15.0. The number of amides is 2. The lowest BCUT2D eigenvalue weighted by molar-refractivity contribution is -0.153. The van der Waals surface area contributed by atoms with Crippen molar-refractivity contribution in [2.24, 2.45) is 11.8 Å². The van der Waals surface area contributed by atoms with Crippen LogP contribution < -0.4 is 5.32 Å². The van der Waals surface area contributed by atoms with Gasteiger partial charge in [0.25, 0.3) is 0 Å². The molecule has 104 valence electrons. The average molecular weight is 254 g/mol. The summed E-state index contributed by atoms with van der Waals surface area (Å²) in [6, 6.07) is -0.621. The Morgan fingerprint density at radius 3 is 2.06 bits per heavy atom. The molecule has 2 amide bonds. The maximum Gasteiger partial charge on any atom is 0.246 e. The molecule has 4 heteroatoms. The van der Waals surface area contributed by atoms with Gasteiger partial charge in [0, 0.05) is 6.04 Å². The number of nitrogens with zero attached hydrogens (tertiary/aromatic N) is 1. The Balaban J connectivity index is 2.99. The Morgan fingerprint density at radius 1 is 1.11 bits per heavy atom. The minimum absolute atomic E-state index is 0.00398. The lowest BCUT2D eigenvalue weighted by Gasteiger charge is -2.43. The van der Waals surface area contributed by atoms with Crippen molar-refractivity contribution in [3.8, 4) is 0 Å². The molecule has 0 aromatic carbocycles. The van der Waals surface area contributed by atoms with Crippen LogP contribution in [0.4, 0.5) is 0 Å². The summed E-state index contributed by atoms with van der Waals surface area (Å²) < 4.78 is 0. The molecule has 1 rings (SSSR count). The summed E-state index contributed by atoms with van der Waals surface area (Å²) in [4.78, 5) is 26.4. The Bertz CT molecular complexity index is 324. The monoisotopic (exact) mass is 254 g/mol. The van der Waals surface area contributed by atoms with Crippen LogP contribution in [0.3, 0.4) is 0 Å². The van der Waals surface area contributed by atoms with E-state index in [9.17, 15) is 9.59 Å². The second-order valence-electron chi connectivity index (χ2n) is 6.21. The van der Waals surface area contributed by atoms with E-state index in [2.05, 4.69) is 19.2 Å². The fraction of sp³-hybridized carbons (Fsp3) is 0.857. The topological polar surface area (TPSA) is 49.4 Å². The molecule has 0 bridgehead atoms. The first-order valence-corrected chi connectivity index (χ1v) is 6.88. The van der Waals surface area contributed by atoms with E-state index >= 15 is 0 Å². The molecule has 1 aliphatic rings. The molecular formula is C14H26N2O2. The third-order valence-electron chi connectivity index (χ3n) is 3.37. The number of rotatable bonds is 4. The van der Waals surface area contributed by atoms with Crippen LogP contribution in [0.5, 0.6) is 0 Å². The van der Waals surface area contributed by atoms with Crippen LogP contribution in [0.1, 0.15) is 48.0 Å². The number of nitrogens with one attached hydrogen (secondary N) is 1. The fourth-order valence-corrected chi connectivity index (χ4v) is 2.49. The van der Waals surface area contributed by atoms with Crippen molar-refractivity contribution < 1.29 is 9.59 Å². The SMILES string of the molecule is CC(C)CC1C(=O)NC(C(C)C)C(=O)N1C(C)C. The van der Waals surface area contributed by atoms with Gasteiger partial charge in [-0.25, -0.2) is 0 Å². The smallest absolute Gasteiger partial charge is 0.246 e. The lowest BCUT2D eigenvalue weighted by atomic mass is 9.93. The van der Waals surface area contributed by atoms with E-state index in [0.717, 1.165) is 6.42 Å². The molecule has 1 aliphatic heterocycles. The van der Waals surface area contributed by atoms with Crippen LogP contribution in [-0.4, -0.2) is 34.8 Å². The van der Waals surface area contributed by atoms with Crippen LogP contribution in [0, 0.1) is 11.8 Å². The van der Waals surface area contributed by atoms with Gasteiger partial charge < -0.3 is 10.2 Å². The van der Waals surface area contributed by atoms with E-state index in [1.807, 2.05) is 27.7 Å². The normalized spacial score (nSPS) is 25.3. The summed E-state index contributed by atoms with van der Waals surface area (Å²) in [6.45, 7) is 12.0. The van der Waals surface area contributed by atoms with Crippen molar-refractivity contribution in [1.82, 2.24) is 10.2 Å². The van der Waals surface area contributed by atoms with Crippen LogP contribution in [0.15, 0.2) is 0 Å². The average Bonchev–Trinajstić information content (AvgIpc) is 2.21. The summed E-state index contributed by atoms with van der Waals surface area (Å²) in [5, 5.41) is 2.88. The number of hydrogen-bond acceptors (Lipinski definition) is 2.